The van der Waals surface area contributed by atoms with Crippen LogP contribution in [0, 0.1) is 0 Å². The highest BCUT2D eigenvalue weighted by atomic mass is 35.5. The summed E-state index contributed by atoms with van der Waals surface area (Å²) < 4.78 is 0. The minimum absolute atomic E-state index is 0.629. The van der Waals surface area contributed by atoms with E-state index in [0.29, 0.717) is 0 Å². The highest BCUT2D eigenvalue weighted by molar-refractivity contribution is 6.37. The Morgan fingerprint density at radius 1 is 1.73 bits per heavy atom. The highest BCUT2D eigenvalue weighted by Gasteiger charge is 2.09. The molecular formula is C5H6ClNO4. The Bertz CT molecular complexity index is 191. The van der Waals surface area contributed by atoms with Gasteiger partial charge in [-0.3, -0.25) is 4.79 Å². The van der Waals surface area contributed by atoms with Crippen LogP contribution in [0.1, 0.15) is 6.92 Å². The van der Waals surface area contributed by atoms with Crippen LogP contribution in [0.5, 0.6) is 0 Å². The molecule has 0 aromatic heterocycles. The fraction of sp³-hybridized carbons (Fsp3) is 0.400. The molecule has 5 nitrogen and oxygen atoms in total. The Morgan fingerprint density at radius 3 is 2.64 bits per heavy atom. The zero-order valence-corrected chi connectivity index (χ0v) is 6.41. The lowest BCUT2D eigenvalue weighted by molar-refractivity contribution is -0.141. The highest BCUT2D eigenvalue weighted by Crippen LogP contribution is 1.91. The van der Waals surface area contributed by atoms with E-state index in [-0.39, 0.29) is 0 Å². The minimum Gasteiger partial charge on any atom is -0.480 e. The summed E-state index contributed by atoms with van der Waals surface area (Å²) in [7, 11) is 0. The van der Waals surface area contributed by atoms with Gasteiger partial charge in [0.25, 0.3) is 0 Å². The van der Waals surface area contributed by atoms with E-state index in [1.165, 1.54) is 0 Å². The Kier molecular flexibility index (Phi) is 4.21. The summed E-state index contributed by atoms with van der Waals surface area (Å²) >= 11 is 5.16. The first-order chi connectivity index (χ1) is 5.04. The molecule has 6 heteroatoms. The van der Waals surface area contributed by atoms with E-state index in [0.717, 1.165) is 13.1 Å². The Hall–Kier alpha value is -1.10. The number of rotatable bonds is 3. The fourth-order valence-electron chi connectivity index (χ4n) is 0.222. The molecule has 0 heterocycles. The van der Waals surface area contributed by atoms with Crippen LogP contribution in [0.2, 0.25) is 0 Å². The van der Waals surface area contributed by atoms with E-state index in [2.05, 4.69) is 9.99 Å². The van der Waals surface area contributed by atoms with Crippen LogP contribution < -0.4 is 0 Å². The topological polar surface area (TPSA) is 76.0 Å². The van der Waals surface area contributed by atoms with Gasteiger partial charge in [-0.05, 0) is 0 Å². The summed E-state index contributed by atoms with van der Waals surface area (Å²) in [6, 6.07) is 0. The van der Waals surface area contributed by atoms with Crippen LogP contribution in [-0.2, 0) is 14.4 Å². The van der Waals surface area contributed by atoms with Crippen LogP contribution >= 0.6 is 11.6 Å². The molecule has 0 radical (unpaired) electrons. The number of carboxylic acid groups (broad SMARTS) is 1. The van der Waals surface area contributed by atoms with Crippen molar-refractivity contribution in [3.05, 3.63) is 0 Å². The number of alkyl halides is 1. The van der Waals surface area contributed by atoms with Gasteiger partial charge >= 0.3 is 11.9 Å². The van der Waals surface area contributed by atoms with Gasteiger partial charge in [-0.25, -0.2) is 4.79 Å². The summed E-state index contributed by atoms with van der Waals surface area (Å²) in [6.45, 7) is 1.14. The van der Waals surface area contributed by atoms with Gasteiger partial charge in [-0.15, -0.1) is 11.6 Å². The second kappa shape index (κ2) is 4.68. The maximum absolute atomic E-state index is 10.1. The van der Waals surface area contributed by atoms with E-state index in [1.54, 1.807) is 0 Å². The number of halogens is 1. The van der Waals surface area contributed by atoms with Crippen molar-refractivity contribution in [2.75, 3.05) is 0 Å². The van der Waals surface area contributed by atoms with Crippen molar-refractivity contribution in [2.45, 2.75) is 12.3 Å². The van der Waals surface area contributed by atoms with Crippen molar-refractivity contribution < 1.29 is 19.5 Å². The minimum atomic E-state index is -1.27. The van der Waals surface area contributed by atoms with Crippen molar-refractivity contribution in [1.29, 1.82) is 0 Å². The number of hydrogen-bond acceptors (Lipinski definition) is 4. The molecule has 0 amide bonds. The van der Waals surface area contributed by atoms with Gasteiger partial charge in [0.1, 0.15) is 0 Å². The third-order valence-corrected chi connectivity index (χ3v) is 0.908. The maximum atomic E-state index is 10.1. The number of aliphatic carboxylic acids is 1. The molecule has 0 aliphatic rings. The standard InChI is InChI=1S/C5H6ClNO4/c1-3(8)11-7-2-4(6)5(9)10/h2,4H,1H3,(H,9,10). The summed E-state index contributed by atoms with van der Waals surface area (Å²) in [5, 5.41) is 9.92. The van der Waals surface area contributed by atoms with Crippen LogP contribution in [0.3, 0.4) is 0 Å². The lowest BCUT2D eigenvalue weighted by atomic mass is 10.5. The van der Waals surface area contributed by atoms with Gasteiger partial charge in [0.05, 0.1) is 6.21 Å². The predicted octanol–water partition coefficient (Wildman–Crippen LogP) is 0.227. The van der Waals surface area contributed by atoms with Gasteiger partial charge in [0.15, 0.2) is 5.38 Å². The molecule has 0 bridgehead atoms. The molecule has 1 unspecified atom stereocenters. The molecule has 0 spiro atoms. The SMILES string of the molecule is CC(=O)ON=CC(Cl)C(=O)O. The molecule has 0 rings (SSSR count). The third kappa shape index (κ3) is 5.35. The molecule has 0 aliphatic carbocycles. The second-order valence-electron chi connectivity index (χ2n) is 1.58. The fourth-order valence-corrected chi connectivity index (χ4v) is 0.268. The molecule has 0 fully saturated rings. The quantitative estimate of drug-likeness (QED) is 0.291. The third-order valence-electron chi connectivity index (χ3n) is 0.609. The van der Waals surface area contributed by atoms with Crippen molar-refractivity contribution in [3.8, 4) is 0 Å². The lowest BCUT2D eigenvalue weighted by Crippen LogP contribution is -2.14. The second-order valence-corrected chi connectivity index (χ2v) is 2.05. The summed E-state index contributed by atoms with van der Waals surface area (Å²) in [4.78, 5) is 24.1. The van der Waals surface area contributed by atoms with Crippen molar-refractivity contribution in [1.82, 2.24) is 0 Å². The predicted molar refractivity (Wildman–Crippen MR) is 37.5 cm³/mol. The molecule has 11 heavy (non-hydrogen) atoms. The molecule has 0 aromatic carbocycles. The number of hydrogen-bond donors (Lipinski definition) is 1. The molecule has 1 atom stereocenters. The van der Waals surface area contributed by atoms with Crippen molar-refractivity contribution in [3.63, 3.8) is 0 Å². The molecule has 1 N–H and O–H groups in total. The molecular weight excluding hydrogens is 174 g/mol. The lowest BCUT2D eigenvalue weighted by Gasteiger charge is -1.92. The number of oxime groups is 1. The summed E-state index contributed by atoms with van der Waals surface area (Å²) in [5.41, 5.74) is 0. The van der Waals surface area contributed by atoms with Gasteiger partial charge in [0, 0.05) is 6.92 Å². The largest absolute Gasteiger partial charge is 0.480 e. The average molecular weight is 180 g/mol. The van der Waals surface area contributed by atoms with E-state index in [1.807, 2.05) is 0 Å². The smallest absolute Gasteiger partial charge is 0.331 e. The first-order valence-corrected chi connectivity index (χ1v) is 3.05. The summed E-state index contributed by atoms with van der Waals surface area (Å²) in [5.74, 6) is -1.88. The van der Waals surface area contributed by atoms with Crippen LogP contribution in [0.25, 0.3) is 0 Å². The Morgan fingerprint density at radius 2 is 2.27 bits per heavy atom. The molecule has 0 saturated heterocycles. The monoisotopic (exact) mass is 179 g/mol. The van der Waals surface area contributed by atoms with Gasteiger partial charge < -0.3 is 9.94 Å². The van der Waals surface area contributed by atoms with Crippen LogP contribution in [0.15, 0.2) is 5.16 Å². The Balaban J connectivity index is 3.74. The Labute approximate surface area is 67.6 Å². The first kappa shape index (κ1) is 9.90. The molecule has 62 valence electrons. The molecule has 0 aliphatic heterocycles. The molecule has 0 aromatic rings. The number of carbonyl (C=O) groups excluding carboxylic acids is 1. The van der Waals surface area contributed by atoms with E-state index < -0.39 is 17.3 Å². The van der Waals surface area contributed by atoms with Crippen LogP contribution in [0.4, 0.5) is 0 Å². The number of carboxylic acids is 1. The van der Waals surface area contributed by atoms with Crippen molar-refractivity contribution >= 4 is 29.8 Å². The molecule has 0 saturated carbocycles. The van der Waals surface area contributed by atoms with Gasteiger partial charge in [0.2, 0.25) is 0 Å². The number of carbonyl (C=O) groups is 2. The zero-order chi connectivity index (χ0) is 8.85. The number of nitrogens with zero attached hydrogens (tertiary/aromatic N) is 1. The van der Waals surface area contributed by atoms with E-state index in [4.69, 9.17) is 16.7 Å². The zero-order valence-electron chi connectivity index (χ0n) is 5.65. The van der Waals surface area contributed by atoms with Crippen LogP contribution in [-0.4, -0.2) is 28.6 Å². The van der Waals surface area contributed by atoms with E-state index in [9.17, 15) is 9.59 Å². The normalized spacial score (nSPS) is 12.9. The average Bonchev–Trinajstić information content (AvgIpc) is 1.86. The van der Waals surface area contributed by atoms with Gasteiger partial charge in [-0.2, -0.15) is 0 Å². The van der Waals surface area contributed by atoms with Crippen molar-refractivity contribution in [2.24, 2.45) is 5.16 Å². The summed E-state index contributed by atoms with van der Waals surface area (Å²) in [6.07, 6.45) is 0.811. The first-order valence-electron chi connectivity index (χ1n) is 2.62. The van der Waals surface area contributed by atoms with E-state index >= 15 is 0 Å². The van der Waals surface area contributed by atoms with Gasteiger partial charge in [-0.1, -0.05) is 5.16 Å². The maximum Gasteiger partial charge on any atom is 0.331 e.